The summed E-state index contributed by atoms with van der Waals surface area (Å²) in [6, 6.07) is 0. The van der Waals surface area contributed by atoms with Gasteiger partial charge in [0, 0.05) is 19.3 Å². The second-order valence-corrected chi connectivity index (χ2v) is 18.1. The van der Waals surface area contributed by atoms with Crippen molar-refractivity contribution in [1.29, 1.82) is 0 Å². The van der Waals surface area contributed by atoms with Crippen molar-refractivity contribution in [2.24, 2.45) is 0 Å². The molecule has 0 saturated carbocycles. The van der Waals surface area contributed by atoms with Crippen LogP contribution in [0.15, 0.2) is 48.6 Å². The third-order valence-electron chi connectivity index (χ3n) is 11.8. The average molecular weight is 883 g/mol. The molecule has 0 aromatic heterocycles. The topological polar surface area (TPSA) is 78.9 Å². The number of hydrogen-bond acceptors (Lipinski definition) is 6. The number of carbonyl (C=O) groups excluding carboxylic acids is 3. The van der Waals surface area contributed by atoms with E-state index in [-0.39, 0.29) is 31.1 Å². The normalized spacial score (nSPS) is 12.4. The number of allylic oxidation sites excluding steroid dienone is 8. The molecule has 6 nitrogen and oxygen atoms in total. The maximum absolute atomic E-state index is 12.8. The Labute approximate surface area is 390 Å². The van der Waals surface area contributed by atoms with Crippen LogP contribution in [0.25, 0.3) is 0 Å². The van der Waals surface area contributed by atoms with Crippen LogP contribution in [0.4, 0.5) is 0 Å². The van der Waals surface area contributed by atoms with E-state index in [0.29, 0.717) is 19.3 Å². The van der Waals surface area contributed by atoms with Crippen molar-refractivity contribution >= 4 is 17.9 Å². The first-order valence-electron chi connectivity index (χ1n) is 27.1. The van der Waals surface area contributed by atoms with Gasteiger partial charge in [-0.2, -0.15) is 0 Å². The summed E-state index contributed by atoms with van der Waals surface area (Å²) in [5.41, 5.74) is 0. The smallest absolute Gasteiger partial charge is 0.306 e. The molecule has 0 aromatic carbocycles. The molecule has 0 aliphatic rings. The van der Waals surface area contributed by atoms with Gasteiger partial charge in [0.1, 0.15) is 13.2 Å². The summed E-state index contributed by atoms with van der Waals surface area (Å²) in [7, 11) is 0. The molecule has 0 rings (SSSR count). The zero-order valence-corrected chi connectivity index (χ0v) is 41.8. The van der Waals surface area contributed by atoms with Crippen LogP contribution in [0.3, 0.4) is 0 Å². The first kappa shape index (κ1) is 60.4. The molecule has 63 heavy (non-hydrogen) atoms. The summed E-state index contributed by atoms with van der Waals surface area (Å²) in [4.78, 5) is 37.9. The van der Waals surface area contributed by atoms with Crippen LogP contribution in [0.1, 0.15) is 278 Å². The molecule has 6 heteroatoms. The number of unbranched alkanes of at least 4 members (excludes halogenated alkanes) is 30. The zero-order chi connectivity index (χ0) is 45.8. The van der Waals surface area contributed by atoms with Crippen LogP contribution in [-0.2, 0) is 28.6 Å². The Morgan fingerprint density at radius 3 is 0.968 bits per heavy atom. The van der Waals surface area contributed by atoms with Gasteiger partial charge in [-0.3, -0.25) is 14.4 Å². The average Bonchev–Trinajstić information content (AvgIpc) is 3.28. The molecular weight excluding hydrogens is 781 g/mol. The number of ether oxygens (including phenoxy) is 3. The van der Waals surface area contributed by atoms with Gasteiger partial charge in [-0.05, 0) is 77.0 Å². The quantitative estimate of drug-likeness (QED) is 0.0262. The molecule has 0 N–H and O–H groups in total. The molecule has 366 valence electrons. The molecule has 0 saturated heterocycles. The van der Waals surface area contributed by atoms with Gasteiger partial charge >= 0.3 is 17.9 Å². The van der Waals surface area contributed by atoms with Gasteiger partial charge in [0.05, 0.1) is 0 Å². The van der Waals surface area contributed by atoms with E-state index in [1.807, 2.05) is 0 Å². The molecule has 0 aliphatic carbocycles. The Balaban J connectivity index is 4.25. The largest absolute Gasteiger partial charge is 0.462 e. The minimum atomic E-state index is -0.775. The molecule has 0 aromatic rings. The van der Waals surface area contributed by atoms with Crippen LogP contribution in [0.5, 0.6) is 0 Å². The van der Waals surface area contributed by atoms with E-state index in [9.17, 15) is 14.4 Å². The van der Waals surface area contributed by atoms with Gasteiger partial charge < -0.3 is 14.2 Å². The SMILES string of the molecule is CCC/C=C\CCCCCCCC(=O)OCC(COC(=O)CCCCCCCCCC/C=C\C/C=C\C/C=C\CCCCCCC)OC(=O)CCCCCCCCCCCCCC. The maximum Gasteiger partial charge on any atom is 0.306 e. The highest BCUT2D eigenvalue weighted by atomic mass is 16.6. The van der Waals surface area contributed by atoms with Crippen molar-refractivity contribution in [2.75, 3.05) is 13.2 Å². The zero-order valence-electron chi connectivity index (χ0n) is 41.8. The van der Waals surface area contributed by atoms with E-state index in [1.165, 1.54) is 148 Å². The highest BCUT2D eigenvalue weighted by Crippen LogP contribution is 2.15. The van der Waals surface area contributed by atoms with Gasteiger partial charge in [0.2, 0.25) is 0 Å². The van der Waals surface area contributed by atoms with E-state index in [1.54, 1.807) is 0 Å². The van der Waals surface area contributed by atoms with E-state index in [0.717, 1.165) is 89.9 Å². The van der Waals surface area contributed by atoms with E-state index in [2.05, 4.69) is 69.4 Å². The minimum Gasteiger partial charge on any atom is -0.462 e. The molecule has 1 atom stereocenters. The summed E-state index contributed by atoms with van der Waals surface area (Å²) in [6.07, 6.45) is 62.5. The van der Waals surface area contributed by atoms with Crippen molar-refractivity contribution in [1.82, 2.24) is 0 Å². The fourth-order valence-electron chi connectivity index (χ4n) is 7.69. The molecule has 0 radical (unpaired) electrons. The Morgan fingerprint density at radius 2 is 0.603 bits per heavy atom. The highest BCUT2D eigenvalue weighted by molar-refractivity contribution is 5.71. The van der Waals surface area contributed by atoms with Crippen LogP contribution in [0.2, 0.25) is 0 Å². The third kappa shape index (κ3) is 50.2. The number of carbonyl (C=O) groups is 3. The molecule has 0 fully saturated rings. The van der Waals surface area contributed by atoms with Crippen molar-refractivity contribution in [3.05, 3.63) is 48.6 Å². The Hall–Kier alpha value is -2.63. The number of hydrogen-bond donors (Lipinski definition) is 0. The lowest BCUT2D eigenvalue weighted by Gasteiger charge is -2.18. The number of rotatable bonds is 49. The predicted octanol–water partition coefficient (Wildman–Crippen LogP) is 17.9. The van der Waals surface area contributed by atoms with Crippen molar-refractivity contribution in [2.45, 2.75) is 284 Å². The van der Waals surface area contributed by atoms with Crippen LogP contribution in [-0.4, -0.2) is 37.2 Å². The molecule has 0 heterocycles. The molecule has 1 unspecified atom stereocenters. The summed E-state index contributed by atoms with van der Waals surface area (Å²) in [5, 5.41) is 0. The first-order chi connectivity index (χ1) is 31.0. The summed E-state index contributed by atoms with van der Waals surface area (Å²) >= 11 is 0. The van der Waals surface area contributed by atoms with Gasteiger partial charge in [-0.25, -0.2) is 0 Å². The van der Waals surface area contributed by atoms with E-state index in [4.69, 9.17) is 14.2 Å². The summed E-state index contributed by atoms with van der Waals surface area (Å²) < 4.78 is 16.8. The van der Waals surface area contributed by atoms with E-state index < -0.39 is 6.10 Å². The summed E-state index contributed by atoms with van der Waals surface area (Å²) in [6.45, 7) is 6.56. The second-order valence-electron chi connectivity index (χ2n) is 18.1. The monoisotopic (exact) mass is 883 g/mol. The number of esters is 3. The second kappa shape index (κ2) is 52.0. The van der Waals surface area contributed by atoms with Crippen LogP contribution < -0.4 is 0 Å². The van der Waals surface area contributed by atoms with Gasteiger partial charge in [-0.15, -0.1) is 0 Å². The lowest BCUT2D eigenvalue weighted by atomic mass is 10.0. The van der Waals surface area contributed by atoms with Crippen molar-refractivity contribution in [3.8, 4) is 0 Å². The van der Waals surface area contributed by atoms with Crippen molar-refractivity contribution in [3.63, 3.8) is 0 Å². The lowest BCUT2D eigenvalue weighted by Crippen LogP contribution is -2.30. The molecular formula is C57H102O6. The Morgan fingerprint density at radius 1 is 0.317 bits per heavy atom. The molecule has 0 bridgehead atoms. The minimum absolute atomic E-state index is 0.0775. The van der Waals surface area contributed by atoms with Gasteiger partial charge in [0.15, 0.2) is 6.10 Å². The summed E-state index contributed by atoms with van der Waals surface area (Å²) in [5.74, 6) is -0.887. The van der Waals surface area contributed by atoms with Crippen LogP contribution in [0, 0.1) is 0 Å². The Bertz CT molecular complexity index is 1110. The van der Waals surface area contributed by atoms with Gasteiger partial charge in [0.25, 0.3) is 0 Å². The molecule has 0 amide bonds. The van der Waals surface area contributed by atoms with Gasteiger partial charge in [-0.1, -0.05) is 230 Å². The predicted molar refractivity (Wildman–Crippen MR) is 270 cm³/mol. The lowest BCUT2D eigenvalue weighted by molar-refractivity contribution is -0.167. The first-order valence-corrected chi connectivity index (χ1v) is 27.1. The Kier molecular flexibility index (Phi) is 49.8. The fourth-order valence-corrected chi connectivity index (χ4v) is 7.69. The third-order valence-corrected chi connectivity index (χ3v) is 11.8. The fraction of sp³-hybridized carbons (Fsp3) is 0.807. The van der Waals surface area contributed by atoms with Crippen LogP contribution >= 0.6 is 0 Å². The van der Waals surface area contributed by atoms with E-state index >= 15 is 0 Å². The molecule has 0 spiro atoms. The standard InChI is InChI=1S/C57H102O6/c1-4-7-10-13-16-19-22-24-25-26-27-28-29-30-31-32-33-34-36-38-41-44-47-50-56(59)62-53-54(52-61-55(58)49-46-43-40-37-21-18-15-12-9-6-3)63-57(60)51-48-45-42-39-35-23-20-17-14-11-8-5-2/h12,15,22,24,26-27,29-30,54H,4-11,13-14,16-21,23,25,28,31-53H2,1-3H3/b15-12-,24-22-,27-26-,30-29-. The highest BCUT2D eigenvalue weighted by Gasteiger charge is 2.19. The van der Waals surface area contributed by atoms with Crippen molar-refractivity contribution < 1.29 is 28.6 Å². The molecule has 0 aliphatic heterocycles. The maximum atomic E-state index is 12.8.